The van der Waals surface area contributed by atoms with Gasteiger partial charge < -0.3 is 10.6 Å². The molecule has 9 heteroatoms. The lowest BCUT2D eigenvalue weighted by molar-refractivity contribution is -0.121. The zero-order chi connectivity index (χ0) is 21.0. The van der Waals surface area contributed by atoms with E-state index in [2.05, 4.69) is 10.6 Å². The molecule has 1 heterocycles. The van der Waals surface area contributed by atoms with Gasteiger partial charge >= 0.3 is 0 Å². The van der Waals surface area contributed by atoms with Crippen LogP contribution in [-0.4, -0.2) is 31.2 Å². The van der Waals surface area contributed by atoms with Gasteiger partial charge in [-0.25, -0.2) is 8.42 Å². The Bertz CT molecular complexity index is 1040. The highest BCUT2D eigenvalue weighted by atomic mass is 35.5. The van der Waals surface area contributed by atoms with Crippen molar-refractivity contribution < 1.29 is 18.0 Å². The Balaban J connectivity index is 1.61. The van der Waals surface area contributed by atoms with Crippen molar-refractivity contribution in [3.8, 4) is 0 Å². The molecule has 0 saturated carbocycles. The second kappa shape index (κ2) is 9.19. The van der Waals surface area contributed by atoms with E-state index in [1.54, 1.807) is 24.3 Å². The van der Waals surface area contributed by atoms with E-state index in [0.717, 1.165) is 10.5 Å². The minimum Gasteiger partial charge on any atom is -0.352 e. The third-order valence-corrected chi connectivity index (χ3v) is 8.06. The van der Waals surface area contributed by atoms with Crippen LogP contribution in [0.4, 0.5) is 5.69 Å². The van der Waals surface area contributed by atoms with Crippen molar-refractivity contribution in [3.63, 3.8) is 0 Å². The van der Waals surface area contributed by atoms with Crippen molar-refractivity contribution >= 4 is 50.7 Å². The number of nitrogens with one attached hydrogen (secondary N) is 2. The Morgan fingerprint density at radius 3 is 2.72 bits per heavy atom. The molecule has 3 rings (SSSR count). The average molecular weight is 453 g/mol. The molecule has 2 aromatic rings. The zero-order valence-electron chi connectivity index (χ0n) is 15.8. The first-order chi connectivity index (χ1) is 13.8. The van der Waals surface area contributed by atoms with Crippen LogP contribution in [-0.2, 0) is 26.0 Å². The van der Waals surface area contributed by atoms with E-state index in [4.69, 9.17) is 11.6 Å². The van der Waals surface area contributed by atoms with Crippen LogP contribution in [0.3, 0.4) is 0 Å². The SMILES string of the molecule is CC[C@H]1Sc2ccc(S(=O)(=O)CCC(=O)NCc3ccccc3Cl)cc2NC1=O. The van der Waals surface area contributed by atoms with Crippen molar-refractivity contribution in [2.45, 2.75) is 41.4 Å². The molecule has 2 N–H and O–H groups in total. The number of fused-ring (bicyclic) bond motifs is 1. The van der Waals surface area contributed by atoms with Gasteiger partial charge in [0.2, 0.25) is 11.8 Å². The quantitative estimate of drug-likeness (QED) is 0.669. The molecule has 0 radical (unpaired) electrons. The number of amides is 2. The Morgan fingerprint density at radius 1 is 1.24 bits per heavy atom. The summed E-state index contributed by atoms with van der Waals surface area (Å²) in [6.45, 7) is 2.16. The highest BCUT2D eigenvalue weighted by Gasteiger charge is 2.27. The van der Waals surface area contributed by atoms with Crippen molar-refractivity contribution in [2.75, 3.05) is 11.1 Å². The fourth-order valence-electron chi connectivity index (χ4n) is 2.86. The molecule has 29 heavy (non-hydrogen) atoms. The summed E-state index contributed by atoms with van der Waals surface area (Å²) in [5.41, 5.74) is 1.26. The monoisotopic (exact) mass is 452 g/mol. The summed E-state index contributed by atoms with van der Waals surface area (Å²) in [5.74, 6) is -0.821. The van der Waals surface area contributed by atoms with Crippen LogP contribution in [0.2, 0.25) is 5.02 Å². The maximum absolute atomic E-state index is 12.6. The van der Waals surface area contributed by atoms with Crippen molar-refractivity contribution in [2.24, 2.45) is 0 Å². The van der Waals surface area contributed by atoms with Crippen LogP contribution in [0, 0.1) is 0 Å². The molecule has 0 aromatic heterocycles. The maximum Gasteiger partial charge on any atom is 0.237 e. The summed E-state index contributed by atoms with van der Waals surface area (Å²) >= 11 is 7.47. The summed E-state index contributed by atoms with van der Waals surface area (Å²) in [7, 11) is -3.66. The Kier molecular flexibility index (Phi) is 6.87. The standard InChI is InChI=1S/C20H21ClN2O4S2/c1-2-17-20(25)23-16-11-14(7-8-18(16)28-17)29(26,27)10-9-19(24)22-12-13-5-3-4-6-15(13)21/h3-8,11,17H,2,9-10,12H2,1H3,(H,22,24)(H,23,25)/t17-/m1/s1. The van der Waals surface area contributed by atoms with Crippen molar-refractivity contribution in [3.05, 3.63) is 53.1 Å². The number of rotatable bonds is 7. The van der Waals surface area contributed by atoms with E-state index in [9.17, 15) is 18.0 Å². The summed E-state index contributed by atoms with van der Waals surface area (Å²) in [4.78, 5) is 25.0. The van der Waals surface area contributed by atoms with Crippen LogP contribution in [0.1, 0.15) is 25.3 Å². The van der Waals surface area contributed by atoms with E-state index in [1.165, 1.54) is 23.9 Å². The number of sulfone groups is 1. The second-order valence-corrected chi connectivity index (χ2v) is 10.4. The number of hydrogen-bond donors (Lipinski definition) is 2. The van der Waals surface area contributed by atoms with E-state index < -0.39 is 9.84 Å². The van der Waals surface area contributed by atoms with Gasteiger partial charge in [-0.15, -0.1) is 11.8 Å². The molecule has 2 amide bonds. The minimum absolute atomic E-state index is 0.0889. The third-order valence-electron chi connectivity index (χ3n) is 4.53. The predicted molar refractivity (Wildman–Crippen MR) is 115 cm³/mol. The summed E-state index contributed by atoms with van der Waals surface area (Å²) in [6.07, 6.45) is 0.530. The van der Waals surface area contributed by atoms with Gasteiger partial charge in [-0.2, -0.15) is 0 Å². The van der Waals surface area contributed by atoms with Gasteiger partial charge in [0.15, 0.2) is 9.84 Å². The lowest BCUT2D eigenvalue weighted by Crippen LogP contribution is -2.28. The number of carbonyl (C=O) groups excluding carboxylic acids is 2. The molecule has 1 aliphatic rings. The van der Waals surface area contributed by atoms with Crippen molar-refractivity contribution in [1.29, 1.82) is 0 Å². The van der Waals surface area contributed by atoms with Crippen LogP contribution in [0.25, 0.3) is 0 Å². The predicted octanol–water partition coefficient (Wildman–Crippen LogP) is 3.64. The lowest BCUT2D eigenvalue weighted by atomic mass is 10.2. The van der Waals surface area contributed by atoms with Gasteiger partial charge in [0, 0.05) is 22.9 Å². The Labute approximate surface area is 179 Å². The van der Waals surface area contributed by atoms with Crippen LogP contribution < -0.4 is 10.6 Å². The van der Waals surface area contributed by atoms with E-state index in [0.29, 0.717) is 17.1 Å². The van der Waals surface area contributed by atoms with Gasteiger partial charge in [0.25, 0.3) is 0 Å². The van der Waals surface area contributed by atoms with Gasteiger partial charge in [0.05, 0.1) is 21.6 Å². The molecule has 154 valence electrons. The van der Waals surface area contributed by atoms with E-state index >= 15 is 0 Å². The fraction of sp³-hybridized carbons (Fsp3) is 0.300. The molecule has 6 nitrogen and oxygen atoms in total. The van der Waals surface area contributed by atoms with Gasteiger partial charge in [-0.3, -0.25) is 9.59 Å². The molecule has 2 aromatic carbocycles. The molecule has 0 unspecified atom stereocenters. The molecule has 0 aliphatic carbocycles. The summed E-state index contributed by atoms with van der Waals surface area (Å²) in [5, 5.41) is 5.82. The largest absolute Gasteiger partial charge is 0.352 e. The maximum atomic E-state index is 12.6. The number of halogens is 1. The number of benzene rings is 2. The van der Waals surface area contributed by atoms with Gasteiger partial charge in [-0.1, -0.05) is 36.7 Å². The van der Waals surface area contributed by atoms with Gasteiger partial charge in [-0.05, 0) is 36.2 Å². The smallest absolute Gasteiger partial charge is 0.237 e. The molecule has 1 atom stereocenters. The van der Waals surface area contributed by atoms with E-state index in [-0.39, 0.29) is 40.7 Å². The molecule has 0 fully saturated rings. The first kappa shape index (κ1) is 21.7. The lowest BCUT2D eigenvalue weighted by Gasteiger charge is -2.23. The Hall–Kier alpha value is -2.03. The molecule has 0 saturated heterocycles. The zero-order valence-corrected chi connectivity index (χ0v) is 18.2. The highest BCUT2D eigenvalue weighted by molar-refractivity contribution is 8.01. The van der Waals surface area contributed by atoms with Gasteiger partial charge in [0.1, 0.15) is 0 Å². The average Bonchev–Trinajstić information content (AvgIpc) is 2.70. The molecule has 0 spiro atoms. The van der Waals surface area contributed by atoms with Crippen molar-refractivity contribution in [1.82, 2.24) is 5.32 Å². The summed E-state index contributed by atoms with van der Waals surface area (Å²) in [6, 6.07) is 11.8. The number of thioether (sulfide) groups is 1. The van der Waals surface area contributed by atoms with Crippen LogP contribution in [0.5, 0.6) is 0 Å². The fourth-order valence-corrected chi connectivity index (χ4v) is 5.35. The number of hydrogen-bond acceptors (Lipinski definition) is 5. The molecule has 0 bridgehead atoms. The highest BCUT2D eigenvalue weighted by Crippen LogP contribution is 2.38. The topological polar surface area (TPSA) is 92.3 Å². The molecule has 1 aliphatic heterocycles. The van der Waals surface area contributed by atoms with Crippen LogP contribution >= 0.6 is 23.4 Å². The van der Waals surface area contributed by atoms with E-state index in [1.807, 2.05) is 13.0 Å². The first-order valence-electron chi connectivity index (χ1n) is 9.14. The van der Waals surface area contributed by atoms with Crippen LogP contribution in [0.15, 0.2) is 52.3 Å². The molecular formula is C20H21ClN2O4S2. The Morgan fingerprint density at radius 2 is 2.00 bits per heavy atom. The third kappa shape index (κ3) is 5.32. The normalized spacial score (nSPS) is 16.1. The first-order valence-corrected chi connectivity index (χ1v) is 12.1. The molecular weight excluding hydrogens is 432 g/mol. The second-order valence-electron chi connectivity index (χ2n) is 6.60. The number of carbonyl (C=O) groups is 2. The minimum atomic E-state index is -3.66. The summed E-state index contributed by atoms with van der Waals surface area (Å²) < 4.78 is 25.3. The number of anilines is 1.